The summed E-state index contributed by atoms with van der Waals surface area (Å²) < 4.78 is 13.6. The number of allylic oxidation sites excluding steroid dienone is 1. The lowest BCUT2D eigenvalue weighted by Crippen LogP contribution is -2.43. The summed E-state index contributed by atoms with van der Waals surface area (Å²) in [7, 11) is 0. The normalized spacial score (nSPS) is 15.5. The summed E-state index contributed by atoms with van der Waals surface area (Å²) in [6.07, 6.45) is 11.5. The number of aliphatic imine (C=N–C) groups is 1. The summed E-state index contributed by atoms with van der Waals surface area (Å²) in [4.78, 5) is 29.9. The van der Waals surface area contributed by atoms with Gasteiger partial charge in [0.2, 0.25) is 12.0 Å². The van der Waals surface area contributed by atoms with Crippen LogP contribution >= 0.6 is 0 Å². The quantitative estimate of drug-likeness (QED) is 0.425. The average molecular weight is 477 g/mol. The number of fused-ring (bicyclic) bond motifs is 1. The third-order valence-electron chi connectivity index (χ3n) is 5.60. The Labute approximate surface area is 202 Å². The number of carbonyl (C=O) groups is 1. The van der Waals surface area contributed by atoms with Gasteiger partial charge < -0.3 is 20.5 Å². The molecule has 35 heavy (non-hydrogen) atoms. The zero-order valence-corrected chi connectivity index (χ0v) is 19.7. The predicted octanol–water partition coefficient (Wildman–Crippen LogP) is 2.36. The van der Waals surface area contributed by atoms with Crippen LogP contribution in [0, 0.1) is 6.92 Å². The summed E-state index contributed by atoms with van der Waals surface area (Å²) in [5.41, 5.74) is 8.88. The van der Waals surface area contributed by atoms with E-state index < -0.39 is 12.0 Å². The van der Waals surface area contributed by atoms with Crippen LogP contribution in [0.4, 0.5) is 0 Å². The van der Waals surface area contributed by atoms with E-state index in [9.17, 15) is 4.79 Å². The van der Waals surface area contributed by atoms with Crippen molar-refractivity contribution in [2.45, 2.75) is 45.3 Å². The summed E-state index contributed by atoms with van der Waals surface area (Å²) >= 11 is 0. The van der Waals surface area contributed by atoms with Crippen LogP contribution < -0.4 is 15.8 Å². The van der Waals surface area contributed by atoms with E-state index in [0.29, 0.717) is 16.7 Å². The Hall–Kier alpha value is -4.12. The molecule has 3 aromatic rings. The molecule has 3 N–H and O–H groups in total. The molecule has 1 aliphatic carbocycles. The highest BCUT2D eigenvalue weighted by Crippen LogP contribution is 2.26. The SMILES string of the molecule is C=CC(C)=N/C=C(\N)NC(=O)[C@H](COC1CCC1)Oc1ncnc2c1cnn2-c1ccncc1C. The van der Waals surface area contributed by atoms with Gasteiger partial charge in [0.15, 0.2) is 5.65 Å². The van der Waals surface area contributed by atoms with Crippen molar-refractivity contribution < 1.29 is 14.3 Å². The van der Waals surface area contributed by atoms with Gasteiger partial charge in [-0.1, -0.05) is 6.58 Å². The second-order valence-electron chi connectivity index (χ2n) is 8.18. The van der Waals surface area contributed by atoms with Crippen molar-refractivity contribution >= 4 is 22.7 Å². The lowest BCUT2D eigenvalue weighted by Gasteiger charge is -2.27. The molecule has 1 aliphatic rings. The molecule has 0 radical (unpaired) electrons. The first-order chi connectivity index (χ1) is 17.0. The molecule has 0 aromatic carbocycles. The van der Waals surface area contributed by atoms with Crippen LogP contribution in [0.1, 0.15) is 31.7 Å². The molecule has 0 spiro atoms. The van der Waals surface area contributed by atoms with Crippen molar-refractivity contribution in [1.82, 2.24) is 30.0 Å². The van der Waals surface area contributed by atoms with E-state index in [1.807, 2.05) is 13.0 Å². The molecule has 11 heteroatoms. The summed E-state index contributed by atoms with van der Waals surface area (Å²) in [6.45, 7) is 7.38. The molecule has 11 nitrogen and oxygen atoms in total. The fourth-order valence-electron chi connectivity index (χ4n) is 3.33. The Balaban J connectivity index is 1.58. The first-order valence-electron chi connectivity index (χ1n) is 11.3. The standard InChI is InChI=1S/C24H28N8O3/c1-4-16(3)27-12-21(25)31-23(33)20(13-34-17-6-5-7-17)35-24-18-11-30-32(22(18)28-14-29-24)19-8-9-26-10-15(19)2/h4,8-12,14,17,20H,1,5-7,13,25H2,2-3H3,(H,31,33)/b21-12+,27-16?/t20-/m0/s1. The average Bonchev–Trinajstić information content (AvgIpc) is 3.26. The van der Waals surface area contributed by atoms with Crippen LogP contribution in [-0.2, 0) is 9.53 Å². The monoisotopic (exact) mass is 476 g/mol. The molecular weight excluding hydrogens is 448 g/mol. The van der Waals surface area contributed by atoms with Gasteiger partial charge in [-0.2, -0.15) is 5.10 Å². The Morgan fingerprint density at radius 3 is 2.94 bits per heavy atom. The van der Waals surface area contributed by atoms with Gasteiger partial charge in [-0.05, 0) is 50.8 Å². The number of aromatic nitrogens is 5. The summed E-state index contributed by atoms with van der Waals surface area (Å²) in [5, 5.41) is 7.62. The van der Waals surface area contributed by atoms with Gasteiger partial charge in [0.1, 0.15) is 17.5 Å². The molecular formula is C24H28N8O3. The highest BCUT2D eigenvalue weighted by Gasteiger charge is 2.27. The number of nitrogens with two attached hydrogens (primary N) is 1. The second-order valence-corrected chi connectivity index (χ2v) is 8.18. The Morgan fingerprint density at radius 2 is 2.23 bits per heavy atom. The fourth-order valence-corrected chi connectivity index (χ4v) is 3.33. The topological polar surface area (TPSA) is 142 Å². The molecule has 3 heterocycles. The van der Waals surface area contributed by atoms with Crippen LogP contribution in [0.25, 0.3) is 16.7 Å². The number of pyridine rings is 1. The molecule has 0 saturated heterocycles. The molecule has 1 saturated carbocycles. The number of aryl methyl sites for hydroxylation is 1. The maximum Gasteiger partial charge on any atom is 0.269 e. The lowest BCUT2D eigenvalue weighted by molar-refractivity contribution is -0.132. The van der Waals surface area contributed by atoms with Gasteiger partial charge in [-0.3, -0.25) is 14.8 Å². The Kier molecular flexibility index (Phi) is 7.46. The minimum absolute atomic E-state index is 0.0435. The van der Waals surface area contributed by atoms with Crippen molar-refractivity contribution in [2.75, 3.05) is 6.61 Å². The first kappa shape index (κ1) is 24.0. The molecule has 1 amide bonds. The van der Waals surface area contributed by atoms with Crippen molar-refractivity contribution in [2.24, 2.45) is 10.7 Å². The van der Waals surface area contributed by atoms with E-state index in [-0.39, 0.29) is 24.4 Å². The minimum Gasteiger partial charge on any atom is -0.461 e. The van der Waals surface area contributed by atoms with E-state index in [2.05, 4.69) is 36.9 Å². The number of carbonyl (C=O) groups excluding carboxylic acids is 1. The number of amides is 1. The van der Waals surface area contributed by atoms with Crippen molar-refractivity contribution in [3.63, 3.8) is 0 Å². The number of hydrogen-bond donors (Lipinski definition) is 2. The molecule has 4 rings (SSSR count). The zero-order chi connectivity index (χ0) is 24.8. The minimum atomic E-state index is -1.00. The highest BCUT2D eigenvalue weighted by molar-refractivity contribution is 5.92. The molecule has 1 fully saturated rings. The van der Waals surface area contributed by atoms with Crippen LogP contribution in [0.3, 0.4) is 0 Å². The van der Waals surface area contributed by atoms with E-state index in [1.165, 1.54) is 12.5 Å². The van der Waals surface area contributed by atoms with Crippen LogP contribution in [0.5, 0.6) is 5.88 Å². The van der Waals surface area contributed by atoms with E-state index >= 15 is 0 Å². The molecule has 0 unspecified atom stereocenters. The number of nitrogens with one attached hydrogen (secondary N) is 1. The number of nitrogens with zero attached hydrogens (tertiary/aromatic N) is 6. The van der Waals surface area contributed by atoms with Gasteiger partial charge >= 0.3 is 0 Å². The number of ether oxygens (including phenoxy) is 2. The van der Waals surface area contributed by atoms with Gasteiger partial charge in [0.05, 0.1) is 30.8 Å². The smallest absolute Gasteiger partial charge is 0.269 e. The molecule has 0 aliphatic heterocycles. The highest BCUT2D eigenvalue weighted by atomic mass is 16.5. The van der Waals surface area contributed by atoms with Gasteiger partial charge in [-0.25, -0.2) is 14.6 Å². The van der Waals surface area contributed by atoms with Gasteiger partial charge in [0.25, 0.3) is 5.91 Å². The van der Waals surface area contributed by atoms with E-state index in [4.69, 9.17) is 15.2 Å². The maximum absolute atomic E-state index is 13.0. The number of hydrogen-bond acceptors (Lipinski definition) is 9. The Morgan fingerprint density at radius 1 is 1.40 bits per heavy atom. The maximum atomic E-state index is 13.0. The van der Waals surface area contributed by atoms with Gasteiger partial charge in [-0.15, -0.1) is 0 Å². The van der Waals surface area contributed by atoms with Crippen LogP contribution in [-0.4, -0.2) is 55.2 Å². The van der Waals surface area contributed by atoms with Crippen LogP contribution in [0.15, 0.2) is 60.7 Å². The van der Waals surface area contributed by atoms with Crippen molar-refractivity contribution in [3.8, 4) is 11.6 Å². The third-order valence-corrected chi connectivity index (χ3v) is 5.60. The van der Waals surface area contributed by atoms with E-state index in [0.717, 1.165) is 30.5 Å². The largest absolute Gasteiger partial charge is 0.461 e. The zero-order valence-electron chi connectivity index (χ0n) is 19.7. The molecule has 0 bridgehead atoms. The predicted molar refractivity (Wildman–Crippen MR) is 131 cm³/mol. The third kappa shape index (κ3) is 5.69. The second kappa shape index (κ2) is 10.9. The Bertz CT molecular complexity index is 1280. The summed E-state index contributed by atoms with van der Waals surface area (Å²) in [6, 6.07) is 1.85. The van der Waals surface area contributed by atoms with Crippen molar-refractivity contribution in [1.29, 1.82) is 0 Å². The fraction of sp³-hybridized carbons (Fsp3) is 0.333. The summed E-state index contributed by atoms with van der Waals surface area (Å²) in [5.74, 6) is -0.190. The lowest BCUT2D eigenvalue weighted by atomic mass is 9.96. The van der Waals surface area contributed by atoms with Crippen LogP contribution in [0.2, 0.25) is 0 Å². The van der Waals surface area contributed by atoms with Crippen molar-refractivity contribution in [3.05, 3.63) is 61.2 Å². The molecule has 1 atom stereocenters. The van der Waals surface area contributed by atoms with E-state index in [1.54, 1.807) is 36.3 Å². The first-order valence-corrected chi connectivity index (χ1v) is 11.3. The van der Waals surface area contributed by atoms with Gasteiger partial charge in [0, 0.05) is 18.1 Å². The molecule has 3 aromatic heterocycles. The number of rotatable bonds is 10. The molecule has 182 valence electrons.